The lowest BCUT2D eigenvalue weighted by Crippen LogP contribution is -1.74. The number of para-hydroxylation sites is 1. The fourth-order valence-electron chi connectivity index (χ4n) is 1.45. The van der Waals surface area contributed by atoms with Gasteiger partial charge in [0.2, 0.25) is 0 Å². The number of aromatic amines is 1. The lowest BCUT2D eigenvalue weighted by atomic mass is 10.2. The number of benzene rings is 1. The van der Waals surface area contributed by atoms with Crippen LogP contribution in [0.25, 0.3) is 10.9 Å². The molecule has 15 heavy (non-hydrogen) atoms. The highest BCUT2D eigenvalue weighted by Crippen LogP contribution is 2.17. The normalized spacial score (nSPS) is 8.67. The minimum atomic E-state index is 1.23. The fourth-order valence-corrected chi connectivity index (χ4v) is 1.45. The van der Waals surface area contributed by atoms with Gasteiger partial charge in [0.25, 0.3) is 0 Å². The Balaban J connectivity index is 0.000000442. The number of rotatable bonds is 0. The summed E-state index contributed by atoms with van der Waals surface area (Å²) in [6, 6.07) is 8.51. The molecule has 0 aliphatic heterocycles. The van der Waals surface area contributed by atoms with Crippen LogP contribution in [0.3, 0.4) is 0 Å². The van der Waals surface area contributed by atoms with Crippen LogP contribution >= 0.6 is 0 Å². The smallest absolute Gasteiger partial charge is 0.0485 e. The van der Waals surface area contributed by atoms with E-state index in [4.69, 9.17) is 0 Å². The number of fused-ring (bicyclic) bond motifs is 1. The molecule has 1 aromatic heterocycles. The van der Waals surface area contributed by atoms with E-state index in [9.17, 15) is 0 Å². The van der Waals surface area contributed by atoms with Crippen LogP contribution in [0.5, 0.6) is 0 Å². The summed E-state index contributed by atoms with van der Waals surface area (Å²) >= 11 is 0. The molecule has 0 radical (unpaired) electrons. The maximum Gasteiger partial charge on any atom is 0.0485 e. The van der Waals surface area contributed by atoms with Crippen LogP contribution in [0.4, 0.5) is 0 Å². The van der Waals surface area contributed by atoms with Crippen molar-refractivity contribution in [2.75, 3.05) is 0 Å². The largest absolute Gasteiger partial charge is 0.358 e. The first-order chi connectivity index (χ1) is 7.27. The van der Waals surface area contributed by atoms with Gasteiger partial charge in [-0.3, -0.25) is 0 Å². The zero-order valence-corrected chi connectivity index (χ0v) is 10.8. The summed E-state index contributed by atoms with van der Waals surface area (Å²) in [7, 11) is 0. The van der Waals surface area contributed by atoms with Crippen molar-refractivity contribution in [2.24, 2.45) is 0 Å². The molecule has 1 nitrogen and oxygen atoms in total. The van der Waals surface area contributed by atoms with Gasteiger partial charge < -0.3 is 4.98 Å². The van der Waals surface area contributed by atoms with Crippen molar-refractivity contribution < 1.29 is 0 Å². The van der Waals surface area contributed by atoms with Crippen molar-refractivity contribution in [1.82, 2.24) is 4.98 Å². The van der Waals surface area contributed by atoms with E-state index in [1.807, 2.05) is 27.7 Å². The predicted octanol–water partition coefficient (Wildman–Crippen LogP) is 4.84. The van der Waals surface area contributed by atoms with Crippen LogP contribution in [0.15, 0.2) is 24.3 Å². The highest BCUT2D eigenvalue weighted by molar-refractivity contribution is 5.83. The second-order valence-electron chi connectivity index (χ2n) is 2.99. The van der Waals surface area contributed by atoms with Gasteiger partial charge in [-0.25, -0.2) is 0 Å². The van der Waals surface area contributed by atoms with E-state index < -0.39 is 0 Å². The van der Waals surface area contributed by atoms with E-state index in [1.54, 1.807) is 0 Å². The van der Waals surface area contributed by atoms with Crippen LogP contribution in [-0.2, 0) is 0 Å². The topological polar surface area (TPSA) is 15.8 Å². The molecule has 1 heterocycles. The summed E-state index contributed by atoms with van der Waals surface area (Å²) < 4.78 is 0. The first-order valence-corrected chi connectivity index (χ1v) is 5.82. The Morgan fingerprint density at radius 3 is 2.07 bits per heavy atom. The zero-order valence-electron chi connectivity index (χ0n) is 10.8. The van der Waals surface area contributed by atoms with Crippen LogP contribution < -0.4 is 0 Å². The van der Waals surface area contributed by atoms with Gasteiger partial charge in [-0.1, -0.05) is 45.9 Å². The quantitative estimate of drug-likeness (QED) is 0.633. The maximum atomic E-state index is 3.33. The van der Waals surface area contributed by atoms with Crippen molar-refractivity contribution in [3.05, 3.63) is 35.5 Å². The van der Waals surface area contributed by atoms with Gasteiger partial charge in [-0.15, -0.1) is 0 Å². The average molecular weight is 205 g/mol. The molecular weight excluding hydrogens is 182 g/mol. The lowest BCUT2D eigenvalue weighted by Gasteiger charge is -1.92. The summed E-state index contributed by atoms with van der Waals surface area (Å²) in [6.45, 7) is 12.2. The van der Waals surface area contributed by atoms with E-state index in [2.05, 4.69) is 43.1 Å². The molecule has 0 bridgehead atoms. The monoisotopic (exact) mass is 205 g/mol. The Morgan fingerprint density at radius 1 is 0.933 bits per heavy atom. The van der Waals surface area contributed by atoms with Crippen LogP contribution in [0.2, 0.25) is 0 Å². The molecule has 84 valence electrons. The van der Waals surface area contributed by atoms with Gasteiger partial charge in [0.1, 0.15) is 0 Å². The number of nitrogens with one attached hydrogen (secondary N) is 1. The van der Waals surface area contributed by atoms with Crippen LogP contribution in [-0.4, -0.2) is 4.98 Å². The molecule has 2 rings (SSSR count). The lowest BCUT2D eigenvalue weighted by molar-refractivity contribution is 1.29. The fraction of sp³-hybridized carbons (Fsp3) is 0.429. The molecule has 1 heteroatoms. The summed E-state index contributed by atoms with van der Waals surface area (Å²) in [6.07, 6.45) is 0. The molecule has 0 unspecified atom stereocenters. The van der Waals surface area contributed by atoms with Crippen LogP contribution in [0, 0.1) is 13.8 Å². The Kier molecular flexibility index (Phi) is 6.52. The van der Waals surface area contributed by atoms with Gasteiger partial charge in [0.15, 0.2) is 0 Å². The molecule has 0 saturated carbocycles. The molecule has 0 spiro atoms. The first-order valence-electron chi connectivity index (χ1n) is 5.82. The van der Waals surface area contributed by atoms with Crippen molar-refractivity contribution in [3.63, 3.8) is 0 Å². The van der Waals surface area contributed by atoms with Crippen molar-refractivity contribution in [2.45, 2.75) is 41.5 Å². The second kappa shape index (κ2) is 7.10. The summed E-state index contributed by atoms with van der Waals surface area (Å²) in [5.41, 5.74) is 3.81. The van der Waals surface area contributed by atoms with Gasteiger partial charge in [0.05, 0.1) is 0 Å². The predicted molar refractivity (Wildman–Crippen MR) is 70.5 cm³/mol. The Bertz CT molecular complexity index is 385. The first kappa shape index (κ1) is 13.8. The molecular formula is C14H23N. The van der Waals surface area contributed by atoms with Gasteiger partial charge in [-0.05, 0) is 30.9 Å². The Hall–Kier alpha value is -1.24. The SMILES string of the molecule is CC.CC.Cc1cc2cccc(C)c2[nH]1. The minimum absolute atomic E-state index is 1.23. The number of hydrogen-bond donors (Lipinski definition) is 1. The standard InChI is InChI=1S/C10H11N.2C2H6/c1-7-4-3-5-9-6-8(2)11-10(7)9;2*1-2/h3-6,11H,1-2H3;2*1-2H3. The van der Waals surface area contributed by atoms with Crippen LogP contribution in [0.1, 0.15) is 39.0 Å². The summed E-state index contributed by atoms with van der Waals surface area (Å²) in [5.74, 6) is 0. The van der Waals surface area contributed by atoms with Crippen molar-refractivity contribution in [1.29, 1.82) is 0 Å². The molecule has 0 fully saturated rings. The van der Waals surface area contributed by atoms with Gasteiger partial charge in [-0.2, -0.15) is 0 Å². The molecule has 0 aliphatic carbocycles. The molecule has 0 atom stereocenters. The van der Waals surface area contributed by atoms with E-state index in [0.29, 0.717) is 0 Å². The summed E-state index contributed by atoms with van der Waals surface area (Å²) in [5, 5.41) is 1.31. The molecule has 0 amide bonds. The van der Waals surface area contributed by atoms with E-state index in [-0.39, 0.29) is 0 Å². The second-order valence-corrected chi connectivity index (χ2v) is 2.99. The molecule has 0 aliphatic rings. The highest BCUT2D eigenvalue weighted by atomic mass is 14.7. The third-order valence-corrected chi connectivity index (χ3v) is 2.00. The number of H-pyrrole nitrogens is 1. The number of aromatic nitrogens is 1. The van der Waals surface area contributed by atoms with E-state index in [1.165, 1.54) is 22.2 Å². The number of hydrogen-bond acceptors (Lipinski definition) is 0. The van der Waals surface area contributed by atoms with Crippen molar-refractivity contribution in [3.8, 4) is 0 Å². The zero-order chi connectivity index (χ0) is 11.8. The van der Waals surface area contributed by atoms with Gasteiger partial charge in [0, 0.05) is 11.2 Å². The molecule has 2 aromatic rings. The molecule has 1 N–H and O–H groups in total. The molecule has 1 aromatic carbocycles. The average Bonchev–Trinajstić information content (AvgIpc) is 2.66. The third-order valence-electron chi connectivity index (χ3n) is 2.00. The third kappa shape index (κ3) is 3.43. The Morgan fingerprint density at radius 2 is 1.53 bits per heavy atom. The summed E-state index contributed by atoms with van der Waals surface area (Å²) in [4.78, 5) is 3.33. The molecule has 0 saturated heterocycles. The maximum absolute atomic E-state index is 3.33. The van der Waals surface area contributed by atoms with Crippen molar-refractivity contribution >= 4 is 10.9 Å². The highest BCUT2D eigenvalue weighted by Gasteiger charge is 1.97. The minimum Gasteiger partial charge on any atom is -0.358 e. The van der Waals surface area contributed by atoms with E-state index in [0.717, 1.165) is 0 Å². The van der Waals surface area contributed by atoms with Gasteiger partial charge >= 0.3 is 0 Å². The Labute approximate surface area is 93.5 Å². The number of aryl methyl sites for hydroxylation is 2. The van der Waals surface area contributed by atoms with E-state index >= 15 is 0 Å².